The maximum absolute atomic E-state index is 12.4. The van der Waals surface area contributed by atoms with Gasteiger partial charge in [-0.2, -0.15) is 0 Å². The average Bonchev–Trinajstić information content (AvgIpc) is 2.38. The van der Waals surface area contributed by atoms with E-state index in [9.17, 15) is 8.42 Å². The fraction of sp³-hybridized carbons (Fsp3) is 0.571. The summed E-state index contributed by atoms with van der Waals surface area (Å²) in [5.41, 5.74) is 0. The van der Waals surface area contributed by atoms with Crippen molar-refractivity contribution in [1.29, 1.82) is 0 Å². The lowest BCUT2D eigenvalue weighted by molar-refractivity contribution is 0.301. The van der Waals surface area contributed by atoms with Crippen LogP contribution in [0.3, 0.4) is 0 Å². The molecule has 3 nitrogen and oxygen atoms in total. The van der Waals surface area contributed by atoms with Crippen LogP contribution in [0.25, 0.3) is 0 Å². The quantitative estimate of drug-likeness (QED) is 0.904. The third-order valence-corrected chi connectivity index (χ3v) is 6.34. The molecule has 1 fully saturated rings. The molecule has 0 radical (unpaired) electrons. The molecule has 0 aliphatic heterocycles. The molecule has 0 spiro atoms. The minimum Gasteiger partial charge on any atom is -0.208 e. The van der Waals surface area contributed by atoms with Crippen LogP contribution in [0.2, 0.25) is 0 Å². The topological polar surface area (TPSA) is 46.2 Å². The van der Waals surface area contributed by atoms with Gasteiger partial charge >= 0.3 is 0 Å². The molecule has 2 atom stereocenters. The maximum Gasteiger partial charge on any atom is 0.241 e. The van der Waals surface area contributed by atoms with Gasteiger partial charge in [0.1, 0.15) is 0 Å². The van der Waals surface area contributed by atoms with Crippen molar-refractivity contribution in [2.75, 3.05) is 0 Å². The predicted octanol–water partition coefficient (Wildman–Crippen LogP) is 3.70. The molecule has 1 aromatic carbocycles. The molecule has 1 aliphatic carbocycles. The molecule has 19 heavy (non-hydrogen) atoms. The first-order valence-electron chi connectivity index (χ1n) is 6.79. The highest BCUT2D eigenvalue weighted by atomic mass is 79.9. The number of hydrogen-bond donors (Lipinski definition) is 1. The predicted molar refractivity (Wildman–Crippen MR) is 80.5 cm³/mol. The highest BCUT2D eigenvalue weighted by molar-refractivity contribution is 9.10. The first-order chi connectivity index (χ1) is 9.03. The van der Waals surface area contributed by atoms with Gasteiger partial charge in [-0.3, -0.25) is 0 Å². The fourth-order valence-electron chi connectivity index (χ4n) is 2.71. The van der Waals surface area contributed by atoms with Crippen molar-refractivity contribution in [3.63, 3.8) is 0 Å². The zero-order valence-electron chi connectivity index (χ0n) is 11.1. The summed E-state index contributed by atoms with van der Waals surface area (Å²) in [6.45, 7) is 2.18. The standard InChI is InChI=1S/C14H20BrNO2S/c1-2-11-6-5-7-12(10-11)16-19(17,18)14-9-4-3-8-13(14)15/h3-4,8-9,11-12,16H,2,5-7,10H2,1H3. The Hall–Kier alpha value is -0.390. The van der Waals surface area contributed by atoms with Gasteiger partial charge in [0.05, 0.1) is 4.90 Å². The largest absolute Gasteiger partial charge is 0.241 e. The summed E-state index contributed by atoms with van der Waals surface area (Å²) < 4.78 is 28.2. The van der Waals surface area contributed by atoms with Crippen molar-refractivity contribution < 1.29 is 8.42 Å². The lowest BCUT2D eigenvalue weighted by atomic mass is 9.85. The van der Waals surface area contributed by atoms with Gasteiger partial charge in [-0.05, 0) is 46.8 Å². The molecule has 1 N–H and O–H groups in total. The molecule has 0 amide bonds. The van der Waals surface area contributed by atoms with E-state index in [0.717, 1.165) is 25.7 Å². The summed E-state index contributed by atoms with van der Waals surface area (Å²) in [6.07, 6.45) is 5.37. The number of benzene rings is 1. The summed E-state index contributed by atoms with van der Waals surface area (Å²) in [5.74, 6) is 0.653. The van der Waals surface area contributed by atoms with Gasteiger partial charge in [-0.25, -0.2) is 13.1 Å². The second-order valence-corrected chi connectivity index (χ2v) is 7.73. The molecule has 0 aromatic heterocycles. The van der Waals surface area contributed by atoms with Crippen molar-refractivity contribution >= 4 is 26.0 Å². The zero-order valence-corrected chi connectivity index (χ0v) is 13.5. The number of halogens is 1. The van der Waals surface area contributed by atoms with Crippen LogP contribution in [-0.4, -0.2) is 14.5 Å². The van der Waals surface area contributed by atoms with Gasteiger partial charge in [-0.1, -0.05) is 38.3 Å². The van der Waals surface area contributed by atoms with E-state index >= 15 is 0 Å². The lowest BCUT2D eigenvalue weighted by Gasteiger charge is -2.29. The molecule has 0 saturated heterocycles. The Morgan fingerprint density at radius 3 is 2.74 bits per heavy atom. The van der Waals surface area contributed by atoms with Crippen LogP contribution >= 0.6 is 15.9 Å². The Labute approximate surface area is 124 Å². The average molecular weight is 346 g/mol. The summed E-state index contributed by atoms with van der Waals surface area (Å²) in [4.78, 5) is 0.327. The molecule has 0 bridgehead atoms. The number of rotatable bonds is 4. The van der Waals surface area contributed by atoms with Gasteiger partial charge in [0, 0.05) is 10.5 Å². The van der Waals surface area contributed by atoms with Crippen molar-refractivity contribution in [3.8, 4) is 0 Å². The summed E-state index contributed by atoms with van der Waals surface area (Å²) >= 11 is 3.30. The van der Waals surface area contributed by atoms with E-state index in [0.29, 0.717) is 15.3 Å². The smallest absolute Gasteiger partial charge is 0.208 e. The van der Waals surface area contributed by atoms with Gasteiger partial charge in [-0.15, -0.1) is 0 Å². The summed E-state index contributed by atoms with van der Waals surface area (Å²) in [6, 6.07) is 7.03. The van der Waals surface area contributed by atoms with Crippen molar-refractivity contribution in [2.24, 2.45) is 5.92 Å². The van der Waals surface area contributed by atoms with Gasteiger partial charge in [0.2, 0.25) is 10.0 Å². The van der Waals surface area contributed by atoms with Crippen molar-refractivity contribution in [1.82, 2.24) is 4.72 Å². The first kappa shape index (κ1) is 15.0. The van der Waals surface area contributed by atoms with Crippen LogP contribution in [0.15, 0.2) is 33.6 Å². The Balaban J connectivity index is 2.11. The fourth-order valence-corrected chi connectivity index (χ4v) is 5.00. The van der Waals surface area contributed by atoms with E-state index in [2.05, 4.69) is 27.6 Å². The Kier molecular flexibility index (Phi) is 5.03. The van der Waals surface area contributed by atoms with E-state index in [1.807, 2.05) is 6.07 Å². The second kappa shape index (κ2) is 6.37. The van der Waals surface area contributed by atoms with Crippen molar-refractivity contribution in [3.05, 3.63) is 28.7 Å². The molecular weight excluding hydrogens is 326 g/mol. The highest BCUT2D eigenvalue weighted by Gasteiger charge is 2.26. The molecular formula is C14H20BrNO2S. The van der Waals surface area contributed by atoms with Gasteiger partial charge in [0.25, 0.3) is 0 Å². The van der Waals surface area contributed by atoms with Crippen LogP contribution in [0.4, 0.5) is 0 Å². The van der Waals surface area contributed by atoms with E-state index in [-0.39, 0.29) is 6.04 Å². The van der Waals surface area contributed by atoms with Crippen LogP contribution in [0, 0.1) is 5.92 Å². The molecule has 2 rings (SSSR count). The van der Waals surface area contributed by atoms with Gasteiger partial charge < -0.3 is 0 Å². The third-order valence-electron chi connectivity index (χ3n) is 3.81. The Morgan fingerprint density at radius 1 is 1.32 bits per heavy atom. The number of sulfonamides is 1. The number of nitrogens with one attached hydrogen (secondary N) is 1. The minimum atomic E-state index is -3.42. The Morgan fingerprint density at radius 2 is 2.05 bits per heavy atom. The second-order valence-electron chi connectivity index (χ2n) is 5.19. The van der Waals surface area contributed by atoms with E-state index < -0.39 is 10.0 Å². The minimum absolute atomic E-state index is 0.0795. The normalized spacial score (nSPS) is 24.3. The maximum atomic E-state index is 12.4. The Bertz CT molecular complexity index is 530. The molecule has 106 valence electrons. The van der Waals surface area contributed by atoms with Crippen LogP contribution in [0.1, 0.15) is 39.0 Å². The molecule has 0 heterocycles. The number of hydrogen-bond acceptors (Lipinski definition) is 2. The lowest BCUT2D eigenvalue weighted by Crippen LogP contribution is -2.38. The summed E-state index contributed by atoms with van der Waals surface area (Å²) in [7, 11) is -3.42. The third kappa shape index (κ3) is 3.80. The SMILES string of the molecule is CCC1CCCC(NS(=O)(=O)c2ccccc2Br)C1. The van der Waals surface area contributed by atoms with Crippen LogP contribution in [0.5, 0.6) is 0 Å². The first-order valence-corrected chi connectivity index (χ1v) is 9.07. The van der Waals surface area contributed by atoms with E-state index in [4.69, 9.17) is 0 Å². The zero-order chi connectivity index (χ0) is 13.9. The summed E-state index contributed by atoms with van der Waals surface area (Å²) in [5, 5.41) is 0. The molecule has 1 aliphatic rings. The van der Waals surface area contributed by atoms with Crippen LogP contribution in [-0.2, 0) is 10.0 Å². The highest BCUT2D eigenvalue weighted by Crippen LogP contribution is 2.28. The van der Waals surface area contributed by atoms with E-state index in [1.165, 1.54) is 6.42 Å². The van der Waals surface area contributed by atoms with Crippen molar-refractivity contribution in [2.45, 2.75) is 50.0 Å². The van der Waals surface area contributed by atoms with E-state index in [1.54, 1.807) is 18.2 Å². The molecule has 5 heteroatoms. The van der Waals surface area contributed by atoms with Gasteiger partial charge in [0.15, 0.2) is 0 Å². The molecule has 1 saturated carbocycles. The molecule has 1 aromatic rings. The van der Waals surface area contributed by atoms with Crippen LogP contribution < -0.4 is 4.72 Å². The molecule has 2 unspecified atom stereocenters. The monoisotopic (exact) mass is 345 g/mol.